The first-order chi connectivity index (χ1) is 41.9. The summed E-state index contributed by atoms with van der Waals surface area (Å²) < 4.78 is 2.06. The molecule has 0 N–H and O–H groups in total. The van der Waals surface area contributed by atoms with Crippen LogP contribution in [-0.4, -0.2) is 9.97 Å². The van der Waals surface area contributed by atoms with Crippen molar-refractivity contribution in [1.82, 2.24) is 9.97 Å². The van der Waals surface area contributed by atoms with Gasteiger partial charge in [-0.25, -0.2) is 9.97 Å². The van der Waals surface area contributed by atoms with Gasteiger partial charge >= 0.3 is 0 Å². The van der Waals surface area contributed by atoms with Crippen molar-refractivity contribution in [2.24, 2.45) is 0 Å². The van der Waals surface area contributed by atoms with Crippen molar-refractivity contribution in [2.75, 3.05) is 0 Å². The van der Waals surface area contributed by atoms with Crippen molar-refractivity contribution < 1.29 is 0 Å². The Kier molecular flexibility index (Phi) is 29.6. The Morgan fingerprint density at radius 3 is 0.859 bits per heavy atom. The molecule has 0 aliphatic heterocycles. The monoisotopic (exact) mass is 1290 g/mol. The first kappa shape index (κ1) is 67.8. The van der Waals surface area contributed by atoms with E-state index in [1.165, 1.54) is 333 Å². The Morgan fingerprint density at radius 1 is 0.294 bits per heavy atom. The third kappa shape index (κ3) is 18.5. The molecule has 2 aliphatic rings. The average Bonchev–Trinajstić information content (AvgIpc) is 1.89. The van der Waals surface area contributed by atoms with E-state index < -0.39 is 0 Å². The molecule has 5 heteroatoms. The van der Waals surface area contributed by atoms with Gasteiger partial charge in [0.15, 0.2) is 0 Å². The van der Waals surface area contributed by atoms with Gasteiger partial charge in [-0.05, 0) is 114 Å². The lowest BCUT2D eigenvalue weighted by molar-refractivity contribution is 0.397. The molecule has 0 unspecified atom stereocenters. The molecule has 0 radical (unpaired) electrons. The number of thiophene rings is 1. The number of unbranched alkanes of at least 4 members (excludes halogenated alkanes) is 36. The third-order valence-corrected chi connectivity index (χ3v) is 22.8. The van der Waals surface area contributed by atoms with Gasteiger partial charge in [0.25, 0.3) is 0 Å². The molecule has 0 atom stereocenters. The summed E-state index contributed by atoms with van der Waals surface area (Å²) in [7, 11) is 0. The number of nitrogens with zero attached hydrogens (tertiary/aromatic N) is 2. The molecule has 85 heavy (non-hydrogen) atoms. The molecule has 2 aromatic heterocycles. The third-order valence-electron chi connectivity index (χ3n) is 20.4. The lowest BCUT2D eigenvalue weighted by Gasteiger charge is -2.33. The highest BCUT2D eigenvalue weighted by atomic mass is 79.9. The van der Waals surface area contributed by atoms with Gasteiger partial charge in [-0.3, -0.25) is 0 Å². The van der Waals surface area contributed by atoms with Crippen LogP contribution in [0.3, 0.4) is 0 Å². The molecular formula is C80H114Br2N2S. The van der Waals surface area contributed by atoms with Crippen molar-refractivity contribution in [1.29, 1.82) is 0 Å². The minimum Gasteiger partial charge on any atom is -0.242 e. The van der Waals surface area contributed by atoms with Gasteiger partial charge in [-0.1, -0.05) is 357 Å². The van der Waals surface area contributed by atoms with E-state index >= 15 is 0 Å². The van der Waals surface area contributed by atoms with E-state index in [1.54, 1.807) is 16.9 Å². The molecule has 0 bridgehead atoms. The molecule has 0 saturated carbocycles. The lowest BCUT2D eigenvalue weighted by Crippen LogP contribution is -2.25. The van der Waals surface area contributed by atoms with Gasteiger partial charge in [-0.15, -0.1) is 11.3 Å². The Hall–Kier alpha value is -3.12. The number of hydrogen-bond donors (Lipinski definition) is 0. The fraction of sp³-hybridized carbons (Fsp3) is 0.625. The summed E-state index contributed by atoms with van der Waals surface area (Å²) in [5.74, 6) is 0. The van der Waals surface area contributed by atoms with Crippen LogP contribution in [0.1, 0.15) is 332 Å². The second-order valence-corrected chi connectivity index (χ2v) is 30.4. The highest BCUT2D eigenvalue weighted by Gasteiger charge is 2.44. The minimum absolute atomic E-state index is 0.00501. The molecule has 2 aliphatic carbocycles. The molecule has 464 valence electrons. The van der Waals surface area contributed by atoms with Gasteiger partial charge in [0.1, 0.15) is 11.0 Å². The summed E-state index contributed by atoms with van der Waals surface area (Å²) in [4.78, 5) is 11.4. The van der Waals surface area contributed by atoms with Crippen LogP contribution in [-0.2, 0) is 10.8 Å². The fourth-order valence-electron chi connectivity index (χ4n) is 15.4. The number of hydrogen-bond acceptors (Lipinski definition) is 3. The molecule has 0 fully saturated rings. The maximum Gasteiger partial charge on any atom is 0.116 e. The molecular weight excluding hydrogens is 1180 g/mol. The van der Waals surface area contributed by atoms with Crippen LogP contribution >= 0.6 is 43.2 Å². The van der Waals surface area contributed by atoms with Crippen molar-refractivity contribution in [3.05, 3.63) is 115 Å². The molecule has 0 amide bonds. The van der Waals surface area contributed by atoms with Crippen molar-refractivity contribution >= 4 is 54.2 Å². The van der Waals surface area contributed by atoms with Crippen molar-refractivity contribution in [3.8, 4) is 44.8 Å². The summed E-state index contributed by atoms with van der Waals surface area (Å²) in [6.07, 6.45) is 60.3. The van der Waals surface area contributed by atoms with Gasteiger partial charge in [0.2, 0.25) is 0 Å². The van der Waals surface area contributed by atoms with E-state index in [1.807, 2.05) is 0 Å². The van der Waals surface area contributed by atoms with Crippen LogP contribution in [0.5, 0.6) is 0 Å². The maximum absolute atomic E-state index is 5.71. The largest absolute Gasteiger partial charge is 0.242 e. The van der Waals surface area contributed by atoms with E-state index in [0.717, 1.165) is 30.0 Å². The first-order valence-electron chi connectivity index (χ1n) is 36.1. The molecule has 4 aromatic carbocycles. The summed E-state index contributed by atoms with van der Waals surface area (Å²) >= 11 is 9.60. The van der Waals surface area contributed by atoms with E-state index in [-0.39, 0.29) is 10.8 Å². The summed E-state index contributed by atoms with van der Waals surface area (Å²) in [5, 5.41) is 0. The molecule has 0 spiro atoms. The molecule has 2 nitrogen and oxygen atoms in total. The summed E-state index contributed by atoms with van der Waals surface area (Å²) in [5.41, 5.74) is 18.0. The van der Waals surface area contributed by atoms with Crippen LogP contribution in [0.15, 0.2) is 92.5 Å². The number of halogens is 2. The average molecular weight is 1300 g/mol. The van der Waals surface area contributed by atoms with E-state index in [2.05, 4.69) is 144 Å². The first-order valence-corrected chi connectivity index (χ1v) is 38.5. The fourth-order valence-corrected chi connectivity index (χ4v) is 18.2. The van der Waals surface area contributed by atoms with E-state index in [0.29, 0.717) is 0 Å². The van der Waals surface area contributed by atoms with Crippen LogP contribution < -0.4 is 0 Å². The zero-order chi connectivity index (χ0) is 59.4. The van der Waals surface area contributed by atoms with Crippen LogP contribution in [0, 0.1) is 0 Å². The predicted molar refractivity (Wildman–Crippen MR) is 382 cm³/mol. The van der Waals surface area contributed by atoms with Crippen molar-refractivity contribution in [2.45, 2.75) is 321 Å². The number of benzene rings is 4. The molecule has 0 saturated heterocycles. The highest BCUT2D eigenvalue weighted by Crippen LogP contribution is 2.57. The Bertz CT molecular complexity index is 2830. The maximum atomic E-state index is 5.71. The van der Waals surface area contributed by atoms with Crippen LogP contribution in [0.25, 0.3) is 55.8 Å². The topological polar surface area (TPSA) is 25.8 Å². The van der Waals surface area contributed by atoms with Crippen molar-refractivity contribution in [3.63, 3.8) is 0 Å². The van der Waals surface area contributed by atoms with E-state index in [9.17, 15) is 0 Å². The Balaban J connectivity index is 0.984. The Labute approximate surface area is 540 Å². The quantitative estimate of drug-likeness (QED) is 0.0356. The Morgan fingerprint density at radius 2 is 0.553 bits per heavy atom. The molecule has 6 aromatic rings. The SMILES string of the molecule is CCCCCCCCCCCCCCCCCCCCC1(CCCCCCCCCCCCCCCCCCCC)c2ccccc2-c2ccc(-c3nc4c(Br)sc(Br)c4nc3-c3ccc4c(c3)C(CCCC)(CCCC)c3ccccc3-4)cc21. The number of aromatic nitrogens is 2. The predicted octanol–water partition coefficient (Wildman–Crippen LogP) is 28.3. The number of rotatable bonds is 46. The highest BCUT2D eigenvalue weighted by molar-refractivity contribution is 9.12. The van der Waals surface area contributed by atoms with Crippen LogP contribution in [0.2, 0.25) is 0 Å². The standard InChI is InChI=1S/C80H114Br2N2S/c1-5-9-13-15-17-19-21-23-25-27-29-31-33-35-37-39-41-47-59-80(60-48-42-40-38-36-34-32-30-28-26-24-22-20-18-16-14-10-6-2)70-52-46-44-50-66(70)68-56-54-64(62-72(68)80)74-73(83-75-76(84-74)78(82)85-77(75)81)63-53-55-67-65-49-43-45-51-69(65)79(57-11-7-3,58-12-8-4)71(67)61-63/h43-46,49-56,61-62H,5-42,47-48,57-60H2,1-4H3. The smallest absolute Gasteiger partial charge is 0.116 e. The second-order valence-electron chi connectivity index (χ2n) is 26.8. The normalized spacial score (nSPS) is 13.7. The van der Waals surface area contributed by atoms with Gasteiger partial charge in [0.05, 0.1) is 19.0 Å². The summed E-state index contributed by atoms with van der Waals surface area (Å²) in [6.45, 7) is 9.35. The van der Waals surface area contributed by atoms with Crippen LogP contribution in [0.4, 0.5) is 0 Å². The van der Waals surface area contributed by atoms with Gasteiger partial charge < -0.3 is 0 Å². The summed E-state index contributed by atoms with van der Waals surface area (Å²) in [6, 6.07) is 33.7. The van der Waals surface area contributed by atoms with Gasteiger partial charge in [0, 0.05) is 22.0 Å². The van der Waals surface area contributed by atoms with Gasteiger partial charge in [-0.2, -0.15) is 0 Å². The number of fused-ring (bicyclic) bond motifs is 7. The molecule has 8 rings (SSSR count). The zero-order valence-electron chi connectivity index (χ0n) is 54.3. The lowest BCUT2D eigenvalue weighted by atomic mass is 9.70. The van der Waals surface area contributed by atoms with E-state index in [4.69, 9.17) is 9.97 Å². The second kappa shape index (κ2) is 37.1. The molecule has 2 heterocycles. The minimum atomic E-state index is -0.0206. The zero-order valence-corrected chi connectivity index (χ0v) is 58.2.